The Bertz CT molecular complexity index is 649. The normalized spacial score (nSPS) is 16.9. The second kappa shape index (κ2) is 6.55. The lowest BCUT2D eigenvalue weighted by Crippen LogP contribution is -2.43. The van der Waals surface area contributed by atoms with Gasteiger partial charge in [0.15, 0.2) is 0 Å². The number of likely N-dealkylation sites (N-methyl/N-ethyl adjacent to an activating group) is 1. The quantitative estimate of drug-likeness (QED) is 0.866. The third kappa shape index (κ3) is 2.89. The van der Waals surface area contributed by atoms with Crippen LogP contribution in [0.1, 0.15) is 5.56 Å². The van der Waals surface area contributed by atoms with Crippen molar-refractivity contribution in [2.24, 2.45) is 0 Å². The predicted octanol–water partition coefficient (Wildman–Crippen LogP) is 2.60. The lowest BCUT2D eigenvalue weighted by atomic mass is 10.0. The summed E-state index contributed by atoms with van der Waals surface area (Å²) in [7, 11) is 5.66. The molecule has 0 amide bonds. The molecular weight excluding hydrogens is 276 g/mol. The number of methoxy groups -OCH3 is 2. The van der Waals surface area contributed by atoms with Crippen molar-refractivity contribution in [3.8, 4) is 11.5 Å². The number of hydrogen-bond acceptors (Lipinski definition) is 4. The summed E-state index contributed by atoms with van der Waals surface area (Å²) in [5.41, 5.74) is 1.20. The molecule has 118 valence electrons. The molecular formula is C18H24N2O2. The number of hydrogen-bond donors (Lipinski definition) is 0. The number of benzene rings is 2. The number of piperazine rings is 1. The minimum absolute atomic E-state index is 0.901. The molecule has 0 radical (unpaired) electrons. The molecule has 2 aromatic rings. The fourth-order valence-corrected chi connectivity index (χ4v) is 3.14. The summed E-state index contributed by atoms with van der Waals surface area (Å²) in [4.78, 5) is 4.85. The van der Waals surface area contributed by atoms with Crippen molar-refractivity contribution in [1.82, 2.24) is 9.80 Å². The van der Waals surface area contributed by atoms with Crippen molar-refractivity contribution < 1.29 is 9.47 Å². The van der Waals surface area contributed by atoms with Crippen LogP contribution < -0.4 is 9.47 Å². The first-order valence-corrected chi connectivity index (χ1v) is 7.76. The summed E-state index contributed by atoms with van der Waals surface area (Å²) >= 11 is 0. The van der Waals surface area contributed by atoms with Crippen LogP contribution in [0.2, 0.25) is 0 Å². The summed E-state index contributed by atoms with van der Waals surface area (Å²) in [6.07, 6.45) is 0. The minimum atomic E-state index is 0.901. The first-order chi connectivity index (χ1) is 10.7. The third-order valence-corrected chi connectivity index (χ3v) is 4.45. The van der Waals surface area contributed by atoms with Crippen LogP contribution >= 0.6 is 0 Å². The van der Waals surface area contributed by atoms with E-state index in [0.29, 0.717) is 0 Å². The Labute approximate surface area is 132 Å². The van der Waals surface area contributed by atoms with Gasteiger partial charge in [-0.15, -0.1) is 0 Å². The van der Waals surface area contributed by atoms with E-state index < -0.39 is 0 Å². The topological polar surface area (TPSA) is 24.9 Å². The van der Waals surface area contributed by atoms with Crippen molar-refractivity contribution in [1.29, 1.82) is 0 Å². The zero-order chi connectivity index (χ0) is 15.5. The maximum Gasteiger partial charge on any atom is 0.131 e. The van der Waals surface area contributed by atoms with Crippen molar-refractivity contribution >= 4 is 10.8 Å². The molecule has 0 saturated carbocycles. The molecule has 0 N–H and O–H groups in total. The predicted molar refractivity (Wildman–Crippen MR) is 89.8 cm³/mol. The van der Waals surface area contributed by atoms with Crippen LogP contribution in [-0.4, -0.2) is 57.2 Å². The van der Waals surface area contributed by atoms with Gasteiger partial charge in [-0.05, 0) is 13.1 Å². The van der Waals surface area contributed by atoms with Crippen LogP contribution in [0.15, 0.2) is 30.3 Å². The molecule has 0 unspecified atom stereocenters. The smallest absolute Gasteiger partial charge is 0.131 e. The first-order valence-electron chi connectivity index (χ1n) is 7.76. The van der Waals surface area contributed by atoms with Gasteiger partial charge in [-0.1, -0.05) is 24.3 Å². The molecule has 4 heteroatoms. The number of fused-ring (bicyclic) bond motifs is 1. The van der Waals surface area contributed by atoms with Crippen LogP contribution in [0, 0.1) is 0 Å². The van der Waals surface area contributed by atoms with E-state index in [1.807, 2.05) is 12.1 Å². The van der Waals surface area contributed by atoms with E-state index in [2.05, 4.69) is 35.0 Å². The second-order valence-electron chi connectivity index (χ2n) is 5.90. The highest BCUT2D eigenvalue weighted by atomic mass is 16.5. The first kappa shape index (κ1) is 15.1. The standard InChI is InChI=1S/C18H24N2O2/c1-19-8-10-20(11-9-19)13-14-12-17(21-2)15-6-4-5-7-16(15)18(14)22-3/h4-7,12H,8-11,13H2,1-3H3. The van der Waals surface area contributed by atoms with Gasteiger partial charge in [0.25, 0.3) is 0 Å². The van der Waals surface area contributed by atoms with E-state index in [-0.39, 0.29) is 0 Å². The molecule has 22 heavy (non-hydrogen) atoms. The maximum atomic E-state index is 5.73. The SMILES string of the molecule is COc1cc(CN2CCN(C)CC2)c(OC)c2ccccc12. The van der Waals surface area contributed by atoms with Gasteiger partial charge >= 0.3 is 0 Å². The number of nitrogens with zero attached hydrogens (tertiary/aromatic N) is 2. The summed E-state index contributed by atoms with van der Waals surface area (Å²) in [5, 5.41) is 2.22. The molecule has 0 aliphatic carbocycles. The van der Waals surface area contributed by atoms with Gasteiger partial charge in [0, 0.05) is 49.1 Å². The van der Waals surface area contributed by atoms with Crippen molar-refractivity contribution in [2.75, 3.05) is 47.4 Å². The third-order valence-electron chi connectivity index (χ3n) is 4.45. The van der Waals surface area contributed by atoms with E-state index in [4.69, 9.17) is 9.47 Å². The number of rotatable bonds is 4. The molecule has 0 atom stereocenters. The second-order valence-corrected chi connectivity index (χ2v) is 5.90. The number of ether oxygens (including phenoxy) is 2. The molecule has 1 aliphatic rings. The van der Waals surface area contributed by atoms with Crippen LogP contribution in [0.5, 0.6) is 11.5 Å². The van der Waals surface area contributed by atoms with Crippen molar-refractivity contribution in [3.63, 3.8) is 0 Å². The molecule has 0 aromatic heterocycles. The van der Waals surface area contributed by atoms with Crippen LogP contribution in [0.3, 0.4) is 0 Å². The molecule has 1 aliphatic heterocycles. The molecule has 1 heterocycles. The Morgan fingerprint density at radius 1 is 0.955 bits per heavy atom. The van der Waals surface area contributed by atoms with Gasteiger partial charge < -0.3 is 14.4 Å². The molecule has 4 nitrogen and oxygen atoms in total. The Kier molecular flexibility index (Phi) is 4.50. The van der Waals surface area contributed by atoms with E-state index in [1.165, 1.54) is 5.56 Å². The highest BCUT2D eigenvalue weighted by Gasteiger charge is 2.18. The van der Waals surface area contributed by atoms with Gasteiger partial charge in [0.05, 0.1) is 14.2 Å². The van der Waals surface area contributed by atoms with Crippen LogP contribution in [0.4, 0.5) is 0 Å². The summed E-state index contributed by atoms with van der Waals surface area (Å²) < 4.78 is 11.3. The average molecular weight is 300 g/mol. The molecule has 0 spiro atoms. The Balaban J connectivity index is 1.97. The monoisotopic (exact) mass is 300 g/mol. The molecule has 2 aromatic carbocycles. The van der Waals surface area contributed by atoms with Crippen LogP contribution in [-0.2, 0) is 6.54 Å². The Morgan fingerprint density at radius 2 is 1.64 bits per heavy atom. The van der Waals surface area contributed by atoms with Crippen LogP contribution in [0.25, 0.3) is 10.8 Å². The average Bonchev–Trinajstić information content (AvgIpc) is 2.56. The molecule has 1 saturated heterocycles. The Hall–Kier alpha value is -1.78. The van der Waals surface area contributed by atoms with Gasteiger partial charge in [0.1, 0.15) is 11.5 Å². The molecule has 1 fully saturated rings. The highest BCUT2D eigenvalue weighted by Crippen LogP contribution is 2.37. The molecule has 3 rings (SSSR count). The van der Waals surface area contributed by atoms with Gasteiger partial charge in [-0.25, -0.2) is 0 Å². The fraction of sp³-hybridized carbons (Fsp3) is 0.444. The van der Waals surface area contributed by atoms with Crippen molar-refractivity contribution in [3.05, 3.63) is 35.9 Å². The van der Waals surface area contributed by atoms with E-state index >= 15 is 0 Å². The zero-order valence-electron chi connectivity index (χ0n) is 13.6. The van der Waals surface area contributed by atoms with Gasteiger partial charge in [0.2, 0.25) is 0 Å². The van der Waals surface area contributed by atoms with Gasteiger partial charge in [-0.3, -0.25) is 4.90 Å². The zero-order valence-corrected chi connectivity index (χ0v) is 13.6. The lowest BCUT2D eigenvalue weighted by Gasteiger charge is -2.32. The summed E-state index contributed by atoms with van der Waals surface area (Å²) in [6.45, 7) is 5.32. The fourth-order valence-electron chi connectivity index (χ4n) is 3.14. The van der Waals surface area contributed by atoms with E-state index in [0.717, 1.165) is 55.0 Å². The van der Waals surface area contributed by atoms with E-state index in [9.17, 15) is 0 Å². The van der Waals surface area contributed by atoms with E-state index in [1.54, 1.807) is 14.2 Å². The lowest BCUT2D eigenvalue weighted by molar-refractivity contribution is 0.147. The maximum absolute atomic E-state index is 5.73. The van der Waals surface area contributed by atoms with Gasteiger partial charge in [-0.2, -0.15) is 0 Å². The minimum Gasteiger partial charge on any atom is -0.496 e. The summed E-state index contributed by atoms with van der Waals surface area (Å²) in [6, 6.07) is 10.4. The highest BCUT2D eigenvalue weighted by molar-refractivity contribution is 5.94. The molecule has 0 bridgehead atoms. The largest absolute Gasteiger partial charge is 0.496 e. The van der Waals surface area contributed by atoms with Crippen molar-refractivity contribution in [2.45, 2.75) is 6.54 Å². The Morgan fingerprint density at radius 3 is 2.27 bits per heavy atom. The summed E-state index contributed by atoms with van der Waals surface area (Å²) in [5.74, 6) is 1.89.